The maximum absolute atomic E-state index is 14.8. The fraction of sp³-hybridized carbons (Fsp3) is 0.250. The summed E-state index contributed by atoms with van der Waals surface area (Å²) in [5.74, 6) is -1.22. The molecule has 23 heavy (non-hydrogen) atoms. The lowest BCUT2D eigenvalue weighted by Gasteiger charge is -2.30. The summed E-state index contributed by atoms with van der Waals surface area (Å²) in [6.07, 6.45) is 7.34. The van der Waals surface area contributed by atoms with Gasteiger partial charge in [-0.2, -0.15) is 0 Å². The number of fused-ring (bicyclic) bond motifs is 1. The van der Waals surface area contributed by atoms with Crippen molar-refractivity contribution in [1.82, 2.24) is 9.97 Å². The topological polar surface area (TPSA) is 67.0 Å². The molecule has 2 aromatic rings. The van der Waals surface area contributed by atoms with Crippen LogP contribution in [0.1, 0.15) is 23.7 Å². The third kappa shape index (κ3) is 2.82. The zero-order valence-electron chi connectivity index (χ0n) is 12.6. The maximum Gasteiger partial charge on any atom is 0.340 e. The van der Waals surface area contributed by atoms with E-state index in [9.17, 15) is 9.18 Å². The number of hydrogen-bond donors (Lipinski definition) is 2. The second-order valence-corrected chi connectivity index (χ2v) is 6.01. The van der Waals surface area contributed by atoms with Crippen molar-refractivity contribution < 1.29 is 13.9 Å². The summed E-state index contributed by atoms with van der Waals surface area (Å²) in [5, 5.41) is 3.72. The fourth-order valence-corrected chi connectivity index (χ4v) is 2.66. The number of anilines is 1. The van der Waals surface area contributed by atoms with Crippen LogP contribution in [0.2, 0.25) is 0 Å². The molecule has 0 radical (unpaired) electrons. The summed E-state index contributed by atoms with van der Waals surface area (Å²) in [5.41, 5.74) is 0.191. The van der Waals surface area contributed by atoms with Crippen LogP contribution < -0.4 is 5.32 Å². The summed E-state index contributed by atoms with van der Waals surface area (Å²) >= 11 is 5.93. The number of rotatable bonds is 3. The average molecular weight is 336 g/mol. The molecular formula is C16H15ClFN3O2. The number of allylic oxidation sites excluding steroid dienone is 2. The van der Waals surface area contributed by atoms with Gasteiger partial charge in [0.15, 0.2) is 5.82 Å². The second-order valence-electron chi connectivity index (χ2n) is 5.57. The van der Waals surface area contributed by atoms with Gasteiger partial charge in [-0.25, -0.2) is 14.2 Å². The molecule has 1 aliphatic carbocycles. The van der Waals surface area contributed by atoms with Crippen LogP contribution in [0.4, 0.5) is 10.1 Å². The number of nitrogens with one attached hydrogen (secondary N) is 2. The third-order valence-corrected chi connectivity index (χ3v) is 4.08. The van der Waals surface area contributed by atoms with Crippen LogP contribution >= 0.6 is 11.6 Å². The predicted molar refractivity (Wildman–Crippen MR) is 87.1 cm³/mol. The van der Waals surface area contributed by atoms with Gasteiger partial charge in [-0.15, -0.1) is 0 Å². The van der Waals surface area contributed by atoms with Crippen molar-refractivity contribution in [3.8, 4) is 0 Å². The number of aromatic amines is 1. The van der Waals surface area contributed by atoms with E-state index in [0.29, 0.717) is 17.0 Å². The molecule has 1 aromatic heterocycles. The normalized spacial score (nSPS) is 20.4. The average Bonchev–Trinajstić information content (AvgIpc) is 3.01. The number of imidazole rings is 1. The highest BCUT2D eigenvalue weighted by Gasteiger charge is 2.28. The fourth-order valence-electron chi connectivity index (χ4n) is 2.52. The lowest BCUT2D eigenvalue weighted by molar-refractivity contribution is 0.0601. The Morgan fingerprint density at radius 2 is 2.35 bits per heavy atom. The summed E-state index contributed by atoms with van der Waals surface area (Å²) in [7, 11) is 1.26. The Labute approximate surface area is 137 Å². The first-order chi connectivity index (χ1) is 10.9. The van der Waals surface area contributed by atoms with Crippen LogP contribution in [0.25, 0.3) is 11.0 Å². The quantitative estimate of drug-likeness (QED) is 0.838. The largest absolute Gasteiger partial charge is 0.465 e. The molecule has 1 aliphatic rings. The zero-order chi connectivity index (χ0) is 16.6. The summed E-state index contributed by atoms with van der Waals surface area (Å²) in [6, 6.07) is 1.53. The molecule has 5 nitrogen and oxygen atoms in total. The molecule has 0 fully saturated rings. The van der Waals surface area contributed by atoms with Crippen LogP contribution in [0, 0.1) is 5.82 Å². The van der Waals surface area contributed by atoms with Gasteiger partial charge >= 0.3 is 5.97 Å². The highest BCUT2D eigenvalue weighted by Crippen LogP contribution is 2.33. The standard InChI is InChI=1S/C16H15ClFN3O2/c1-16(5-3-9(17)4-6-16)21-13-10(15(22)23-2)7-11-14(12(13)18)20-8-19-11/h3-5,7-8,21H,6H2,1-2H3,(H,19,20). The van der Waals surface area contributed by atoms with Crippen molar-refractivity contribution in [3.63, 3.8) is 0 Å². The predicted octanol–water partition coefficient (Wildman–Crippen LogP) is 3.74. The van der Waals surface area contributed by atoms with Gasteiger partial charge in [0.05, 0.1) is 35.7 Å². The summed E-state index contributed by atoms with van der Waals surface area (Å²) in [6.45, 7) is 1.89. The molecule has 0 aliphatic heterocycles. The van der Waals surface area contributed by atoms with E-state index in [1.165, 1.54) is 19.5 Å². The number of carbonyl (C=O) groups is 1. The van der Waals surface area contributed by atoms with Crippen molar-refractivity contribution in [3.05, 3.63) is 47.0 Å². The molecule has 1 atom stereocenters. The molecule has 0 amide bonds. The molecule has 0 bridgehead atoms. The van der Waals surface area contributed by atoms with Crippen LogP contribution in [0.15, 0.2) is 35.7 Å². The van der Waals surface area contributed by atoms with Crippen LogP contribution in [-0.4, -0.2) is 28.6 Å². The van der Waals surface area contributed by atoms with Gasteiger partial charge in [0, 0.05) is 5.03 Å². The van der Waals surface area contributed by atoms with E-state index < -0.39 is 17.3 Å². The molecular weight excluding hydrogens is 321 g/mol. The molecule has 0 spiro atoms. The smallest absolute Gasteiger partial charge is 0.340 e. The van der Waals surface area contributed by atoms with Gasteiger partial charge < -0.3 is 15.0 Å². The molecule has 1 aromatic carbocycles. The van der Waals surface area contributed by atoms with Crippen LogP contribution in [0.3, 0.4) is 0 Å². The first-order valence-corrected chi connectivity index (χ1v) is 7.38. The van der Waals surface area contributed by atoms with Gasteiger partial charge in [-0.1, -0.05) is 23.8 Å². The Hall–Kier alpha value is -2.34. The summed E-state index contributed by atoms with van der Waals surface area (Å²) in [4.78, 5) is 18.8. The van der Waals surface area contributed by atoms with Crippen molar-refractivity contribution in [1.29, 1.82) is 0 Å². The first kappa shape index (κ1) is 15.6. The SMILES string of the molecule is COC(=O)c1cc2[nH]cnc2c(F)c1NC1(C)C=CC(Cl)=CC1. The Kier molecular flexibility index (Phi) is 3.85. The van der Waals surface area contributed by atoms with E-state index in [0.717, 1.165) is 0 Å². The Morgan fingerprint density at radius 3 is 3.00 bits per heavy atom. The molecule has 0 saturated carbocycles. The number of nitrogens with zero attached hydrogens (tertiary/aromatic N) is 1. The number of ether oxygens (including phenoxy) is 1. The number of halogens is 2. The van der Waals surface area contributed by atoms with E-state index in [-0.39, 0.29) is 16.8 Å². The molecule has 1 heterocycles. The minimum Gasteiger partial charge on any atom is -0.465 e. The van der Waals surface area contributed by atoms with E-state index >= 15 is 0 Å². The number of hydrogen-bond acceptors (Lipinski definition) is 4. The van der Waals surface area contributed by atoms with Gasteiger partial charge in [-0.3, -0.25) is 0 Å². The van der Waals surface area contributed by atoms with E-state index in [2.05, 4.69) is 15.3 Å². The maximum atomic E-state index is 14.8. The third-order valence-electron chi connectivity index (χ3n) is 3.80. The highest BCUT2D eigenvalue weighted by atomic mass is 35.5. The second kappa shape index (κ2) is 5.70. The van der Waals surface area contributed by atoms with Gasteiger partial charge in [0.1, 0.15) is 5.52 Å². The first-order valence-electron chi connectivity index (χ1n) is 7.00. The summed E-state index contributed by atoms with van der Waals surface area (Å²) < 4.78 is 19.6. The molecule has 3 rings (SSSR count). The number of aromatic nitrogens is 2. The monoisotopic (exact) mass is 335 g/mol. The van der Waals surface area contributed by atoms with Crippen molar-refractivity contribution in [2.24, 2.45) is 0 Å². The number of esters is 1. The van der Waals surface area contributed by atoms with E-state index in [1.54, 1.807) is 6.08 Å². The van der Waals surface area contributed by atoms with Gasteiger partial charge in [0.2, 0.25) is 0 Å². The zero-order valence-corrected chi connectivity index (χ0v) is 13.4. The van der Waals surface area contributed by atoms with E-state index in [1.807, 2.05) is 19.1 Å². The lowest BCUT2D eigenvalue weighted by Crippen LogP contribution is -2.34. The van der Waals surface area contributed by atoms with Gasteiger partial charge in [0.25, 0.3) is 0 Å². The Balaban J connectivity index is 2.10. The highest BCUT2D eigenvalue weighted by molar-refractivity contribution is 6.31. The van der Waals surface area contributed by atoms with Crippen molar-refractivity contribution in [2.45, 2.75) is 18.9 Å². The molecule has 7 heteroatoms. The number of benzene rings is 1. The number of methoxy groups -OCH3 is 1. The van der Waals surface area contributed by atoms with Crippen LogP contribution in [0.5, 0.6) is 0 Å². The van der Waals surface area contributed by atoms with Crippen molar-refractivity contribution >= 4 is 34.3 Å². The minimum atomic E-state index is -0.625. The minimum absolute atomic E-state index is 0.0648. The Morgan fingerprint density at radius 1 is 1.57 bits per heavy atom. The molecule has 1 unspecified atom stereocenters. The number of carbonyl (C=O) groups excluding carboxylic acids is 1. The van der Waals surface area contributed by atoms with Crippen LogP contribution in [-0.2, 0) is 4.74 Å². The Bertz CT molecular complexity index is 843. The van der Waals surface area contributed by atoms with Gasteiger partial charge in [-0.05, 0) is 25.5 Å². The van der Waals surface area contributed by atoms with Crippen molar-refractivity contribution in [2.75, 3.05) is 12.4 Å². The van der Waals surface area contributed by atoms with E-state index in [4.69, 9.17) is 16.3 Å². The molecule has 0 saturated heterocycles. The number of H-pyrrole nitrogens is 1. The lowest BCUT2D eigenvalue weighted by atomic mass is 9.92. The molecule has 120 valence electrons. The molecule has 2 N–H and O–H groups in total.